The molecule has 5 nitrogen and oxygen atoms in total. The van der Waals surface area contributed by atoms with Gasteiger partial charge in [0.25, 0.3) is 0 Å². The SMILES string of the molecule is COC(=O)[C@@H]1CC2C3CCC4=CC(=O)C=C[C@]4(C)[C@@]3(F)[C@@H](O)C[C@]2(C)C1C(=O)CCl. The molecule has 4 aliphatic carbocycles. The van der Waals surface area contributed by atoms with Crippen molar-refractivity contribution >= 4 is 29.1 Å². The van der Waals surface area contributed by atoms with E-state index in [9.17, 15) is 19.5 Å². The van der Waals surface area contributed by atoms with Gasteiger partial charge in [-0.2, -0.15) is 0 Å². The highest BCUT2D eigenvalue weighted by Crippen LogP contribution is 2.69. The molecule has 8 atom stereocenters. The van der Waals surface area contributed by atoms with Crippen molar-refractivity contribution in [1.29, 1.82) is 0 Å². The number of aliphatic hydroxyl groups excluding tert-OH is 1. The summed E-state index contributed by atoms with van der Waals surface area (Å²) in [6.45, 7) is 3.63. The molecular weight excluding hydrogens is 411 g/mol. The van der Waals surface area contributed by atoms with Gasteiger partial charge in [-0.05, 0) is 56.1 Å². The standard InChI is InChI=1S/C23H28ClFO5/c1-21-10-18(28)23(25)15(5-4-12-8-13(26)6-7-22(12,23)2)16(21)9-14(20(29)30-3)19(21)17(27)11-24/h6-8,14-16,18-19,28H,4-5,9-11H2,1-3H3/t14-,15?,16?,18+,19?,21+,22+,23+/m1/s1. The predicted molar refractivity (Wildman–Crippen MR) is 108 cm³/mol. The molecule has 4 rings (SSSR count). The maximum atomic E-state index is 17.0. The van der Waals surface area contributed by atoms with Gasteiger partial charge in [0.05, 0.1) is 25.0 Å². The van der Waals surface area contributed by atoms with Gasteiger partial charge in [-0.15, -0.1) is 11.6 Å². The third-order valence-corrected chi connectivity index (χ3v) is 8.94. The summed E-state index contributed by atoms with van der Waals surface area (Å²) in [5.41, 5.74) is -3.14. The van der Waals surface area contributed by atoms with Crippen molar-refractivity contribution < 1.29 is 28.6 Å². The maximum absolute atomic E-state index is 17.0. The molecule has 164 valence electrons. The number of carbonyl (C=O) groups excluding carboxylic acids is 3. The molecule has 0 spiro atoms. The Bertz CT molecular complexity index is 868. The first-order valence-electron chi connectivity index (χ1n) is 10.5. The third kappa shape index (κ3) is 2.59. The highest BCUT2D eigenvalue weighted by Gasteiger charge is 2.72. The van der Waals surface area contributed by atoms with Crippen molar-refractivity contribution in [1.82, 2.24) is 0 Å². The van der Waals surface area contributed by atoms with Crippen molar-refractivity contribution in [3.63, 3.8) is 0 Å². The van der Waals surface area contributed by atoms with E-state index in [1.807, 2.05) is 6.92 Å². The van der Waals surface area contributed by atoms with Crippen LogP contribution in [0, 0.1) is 34.5 Å². The van der Waals surface area contributed by atoms with Gasteiger partial charge in [-0.3, -0.25) is 14.4 Å². The predicted octanol–water partition coefficient (Wildman–Crippen LogP) is 3.18. The van der Waals surface area contributed by atoms with Crippen LogP contribution >= 0.6 is 11.6 Å². The fourth-order valence-electron chi connectivity index (χ4n) is 7.32. The molecule has 7 heteroatoms. The van der Waals surface area contributed by atoms with Crippen molar-refractivity contribution in [3.8, 4) is 0 Å². The first-order chi connectivity index (χ1) is 14.0. The Balaban J connectivity index is 1.82. The average Bonchev–Trinajstić information content (AvgIpc) is 3.01. The van der Waals surface area contributed by atoms with Gasteiger partial charge in [0.1, 0.15) is 0 Å². The second kappa shape index (κ2) is 6.99. The summed E-state index contributed by atoms with van der Waals surface area (Å²) < 4.78 is 22.0. The number of aliphatic hydroxyl groups is 1. The highest BCUT2D eigenvalue weighted by atomic mass is 35.5. The normalized spacial score (nSPS) is 47.1. The number of methoxy groups -OCH3 is 1. The number of ketones is 2. The number of allylic oxidation sites excluding steroid dienone is 4. The molecule has 3 unspecified atom stereocenters. The van der Waals surface area contributed by atoms with Crippen LogP contribution in [0.5, 0.6) is 0 Å². The molecule has 0 bridgehead atoms. The summed E-state index contributed by atoms with van der Waals surface area (Å²) in [5.74, 6) is -3.39. The van der Waals surface area contributed by atoms with E-state index in [4.69, 9.17) is 16.3 Å². The Morgan fingerprint density at radius 1 is 1.33 bits per heavy atom. The number of alkyl halides is 2. The summed E-state index contributed by atoms with van der Waals surface area (Å²) in [4.78, 5) is 37.2. The fourth-order valence-corrected chi connectivity index (χ4v) is 7.49. The Labute approximate surface area is 180 Å². The summed E-state index contributed by atoms with van der Waals surface area (Å²) in [6, 6.07) is 0. The lowest BCUT2D eigenvalue weighted by molar-refractivity contribution is -0.195. The van der Waals surface area contributed by atoms with Crippen LogP contribution < -0.4 is 0 Å². The Morgan fingerprint density at radius 2 is 2.03 bits per heavy atom. The van der Waals surface area contributed by atoms with Gasteiger partial charge < -0.3 is 9.84 Å². The molecule has 30 heavy (non-hydrogen) atoms. The van der Waals surface area contributed by atoms with Gasteiger partial charge in [-0.1, -0.05) is 18.6 Å². The summed E-state index contributed by atoms with van der Waals surface area (Å²) in [6.07, 6.45) is 4.50. The quantitative estimate of drug-likeness (QED) is 0.540. The van der Waals surface area contributed by atoms with E-state index in [1.165, 1.54) is 19.3 Å². The van der Waals surface area contributed by atoms with Gasteiger partial charge in [-0.25, -0.2) is 4.39 Å². The molecule has 0 aromatic heterocycles. The highest BCUT2D eigenvalue weighted by molar-refractivity contribution is 6.28. The van der Waals surface area contributed by atoms with Crippen LogP contribution in [0.2, 0.25) is 0 Å². The number of rotatable bonds is 3. The first-order valence-corrected chi connectivity index (χ1v) is 11.1. The minimum atomic E-state index is -1.99. The molecule has 0 aliphatic heterocycles. The number of halogens is 2. The van der Waals surface area contributed by atoms with Crippen molar-refractivity contribution in [3.05, 3.63) is 23.8 Å². The zero-order valence-electron chi connectivity index (χ0n) is 17.5. The Morgan fingerprint density at radius 3 is 2.67 bits per heavy atom. The molecule has 3 fully saturated rings. The van der Waals surface area contributed by atoms with E-state index < -0.39 is 46.3 Å². The van der Waals surface area contributed by atoms with E-state index >= 15 is 4.39 Å². The number of ether oxygens (including phenoxy) is 1. The Kier molecular flexibility index (Phi) is 5.06. The number of fused-ring (bicyclic) bond motifs is 5. The second-order valence-corrected chi connectivity index (χ2v) is 10.1. The third-order valence-electron chi connectivity index (χ3n) is 8.68. The zero-order valence-corrected chi connectivity index (χ0v) is 18.2. The van der Waals surface area contributed by atoms with Crippen molar-refractivity contribution in [2.24, 2.45) is 34.5 Å². The van der Waals surface area contributed by atoms with E-state index in [-0.39, 0.29) is 29.8 Å². The average molecular weight is 439 g/mol. The number of hydrogen-bond acceptors (Lipinski definition) is 5. The summed E-state index contributed by atoms with van der Waals surface area (Å²) in [5, 5.41) is 11.2. The molecule has 0 radical (unpaired) electrons. The van der Waals surface area contributed by atoms with Crippen LogP contribution in [0.25, 0.3) is 0 Å². The minimum absolute atomic E-state index is 0.0517. The number of esters is 1. The van der Waals surface area contributed by atoms with Crippen LogP contribution in [0.1, 0.15) is 39.5 Å². The lowest BCUT2D eigenvalue weighted by atomic mass is 9.45. The molecule has 0 heterocycles. The fraction of sp³-hybridized carbons (Fsp3) is 0.696. The van der Waals surface area contributed by atoms with Crippen LogP contribution in [0.4, 0.5) is 4.39 Å². The topological polar surface area (TPSA) is 80.7 Å². The summed E-state index contributed by atoms with van der Waals surface area (Å²) >= 11 is 5.88. The molecule has 0 saturated heterocycles. The molecule has 1 N–H and O–H groups in total. The summed E-state index contributed by atoms with van der Waals surface area (Å²) in [7, 11) is 1.28. The maximum Gasteiger partial charge on any atom is 0.309 e. The lowest BCUT2D eigenvalue weighted by Gasteiger charge is -2.61. The largest absolute Gasteiger partial charge is 0.469 e. The second-order valence-electron chi connectivity index (χ2n) is 9.80. The van der Waals surface area contributed by atoms with Crippen LogP contribution in [-0.4, -0.2) is 47.4 Å². The van der Waals surface area contributed by atoms with E-state index in [0.717, 1.165) is 0 Å². The van der Waals surface area contributed by atoms with Crippen LogP contribution in [-0.2, 0) is 19.1 Å². The van der Waals surface area contributed by atoms with E-state index in [1.54, 1.807) is 13.0 Å². The number of hydrogen-bond donors (Lipinski definition) is 1. The zero-order chi connectivity index (χ0) is 22.1. The van der Waals surface area contributed by atoms with E-state index in [0.29, 0.717) is 24.8 Å². The smallest absolute Gasteiger partial charge is 0.309 e. The monoisotopic (exact) mass is 438 g/mol. The van der Waals surface area contributed by atoms with Crippen molar-refractivity contribution in [2.75, 3.05) is 13.0 Å². The molecule has 3 saturated carbocycles. The first kappa shape index (κ1) is 21.7. The molecule has 0 aromatic rings. The van der Waals surface area contributed by atoms with Gasteiger partial charge >= 0.3 is 5.97 Å². The molecule has 0 aromatic carbocycles. The van der Waals surface area contributed by atoms with Gasteiger partial charge in [0.2, 0.25) is 0 Å². The molecular formula is C23H28ClFO5. The number of Topliss-reactive ketones (excluding diaryl/α,β-unsaturated/α-hetero) is 1. The number of carbonyl (C=O) groups is 3. The Hall–Kier alpha value is -1.53. The van der Waals surface area contributed by atoms with Gasteiger partial charge in [0.15, 0.2) is 17.2 Å². The van der Waals surface area contributed by atoms with Crippen LogP contribution in [0.15, 0.2) is 23.8 Å². The lowest BCUT2D eigenvalue weighted by Crippen LogP contribution is -2.66. The molecule has 4 aliphatic rings. The van der Waals surface area contributed by atoms with E-state index in [2.05, 4.69) is 0 Å². The van der Waals surface area contributed by atoms with Crippen LogP contribution in [0.3, 0.4) is 0 Å². The molecule has 0 amide bonds. The van der Waals surface area contributed by atoms with Gasteiger partial charge in [0, 0.05) is 17.3 Å². The van der Waals surface area contributed by atoms with Crippen molar-refractivity contribution in [2.45, 2.75) is 51.3 Å². The minimum Gasteiger partial charge on any atom is -0.469 e.